The van der Waals surface area contributed by atoms with Crippen LogP contribution < -0.4 is 0 Å². The topological polar surface area (TPSA) is 73.9 Å². The van der Waals surface area contributed by atoms with Gasteiger partial charge in [-0.3, -0.25) is 4.79 Å². The number of hydrogen-bond donors (Lipinski definition) is 0. The molecule has 0 spiro atoms. The Morgan fingerprint density at radius 1 is 1.43 bits per heavy atom. The largest absolute Gasteiger partial charge is 0.466 e. The highest BCUT2D eigenvalue weighted by Gasteiger charge is 2.41. The summed E-state index contributed by atoms with van der Waals surface area (Å²) < 4.78 is 4.84. The lowest BCUT2D eigenvalue weighted by molar-refractivity contribution is -0.155. The highest BCUT2D eigenvalue weighted by Crippen LogP contribution is 2.32. The van der Waals surface area contributed by atoms with Crippen molar-refractivity contribution >= 4 is 5.97 Å². The van der Waals surface area contributed by atoms with E-state index in [1.807, 2.05) is 12.1 Å². The van der Waals surface area contributed by atoms with Crippen molar-refractivity contribution in [1.82, 2.24) is 0 Å². The molecule has 0 aromatic carbocycles. The Kier molecular flexibility index (Phi) is 4.66. The molecular formula is C10H14N2O2. The van der Waals surface area contributed by atoms with Gasteiger partial charge in [0.2, 0.25) is 0 Å². The molecule has 0 rings (SSSR count). The van der Waals surface area contributed by atoms with E-state index >= 15 is 0 Å². The summed E-state index contributed by atoms with van der Waals surface area (Å²) in [6.07, 6.45) is 0.414. The summed E-state index contributed by atoms with van der Waals surface area (Å²) in [5, 5.41) is 17.5. The molecule has 14 heavy (non-hydrogen) atoms. The molecule has 0 radical (unpaired) electrons. The molecule has 0 aromatic rings. The third-order valence-electron chi connectivity index (χ3n) is 2.37. The molecule has 0 aromatic heterocycles. The lowest BCUT2D eigenvalue weighted by atomic mass is 9.76. The van der Waals surface area contributed by atoms with E-state index < -0.39 is 17.3 Å². The molecular weight excluding hydrogens is 180 g/mol. The molecule has 0 saturated heterocycles. The summed E-state index contributed by atoms with van der Waals surface area (Å²) in [5.74, 6) is -1.43. The van der Waals surface area contributed by atoms with Gasteiger partial charge in [0, 0.05) is 0 Å². The molecule has 0 amide bonds. The van der Waals surface area contributed by atoms with E-state index in [0.717, 1.165) is 0 Å². The molecule has 76 valence electrons. The van der Waals surface area contributed by atoms with E-state index in [1.54, 1.807) is 20.8 Å². The Morgan fingerprint density at radius 3 is 2.21 bits per heavy atom. The summed E-state index contributed by atoms with van der Waals surface area (Å²) in [6.45, 7) is 5.31. The van der Waals surface area contributed by atoms with E-state index in [1.165, 1.54) is 0 Å². The predicted molar refractivity (Wildman–Crippen MR) is 49.7 cm³/mol. The lowest BCUT2D eigenvalue weighted by Gasteiger charge is -2.25. The van der Waals surface area contributed by atoms with Crippen LogP contribution in [0.3, 0.4) is 0 Å². The molecule has 0 aliphatic rings. The van der Waals surface area contributed by atoms with Gasteiger partial charge in [-0.2, -0.15) is 10.5 Å². The third kappa shape index (κ3) is 2.23. The van der Waals surface area contributed by atoms with Crippen molar-refractivity contribution < 1.29 is 9.53 Å². The molecule has 0 fully saturated rings. The van der Waals surface area contributed by atoms with Gasteiger partial charge in [0.25, 0.3) is 0 Å². The first-order valence-corrected chi connectivity index (χ1v) is 4.53. The van der Waals surface area contributed by atoms with Gasteiger partial charge in [0.1, 0.15) is 5.92 Å². The second-order valence-corrected chi connectivity index (χ2v) is 3.18. The van der Waals surface area contributed by atoms with E-state index in [9.17, 15) is 4.79 Å². The summed E-state index contributed by atoms with van der Waals surface area (Å²) >= 11 is 0. The van der Waals surface area contributed by atoms with Crippen molar-refractivity contribution in [2.24, 2.45) is 11.3 Å². The quantitative estimate of drug-likeness (QED) is 0.637. The maximum absolute atomic E-state index is 11.5. The first-order valence-electron chi connectivity index (χ1n) is 4.53. The fourth-order valence-electron chi connectivity index (χ4n) is 1.08. The van der Waals surface area contributed by atoms with Crippen molar-refractivity contribution in [1.29, 1.82) is 10.5 Å². The number of carbonyl (C=O) groups is 1. The van der Waals surface area contributed by atoms with Crippen LogP contribution in [0, 0.1) is 34.0 Å². The van der Waals surface area contributed by atoms with Crippen LogP contribution in [0.4, 0.5) is 0 Å². The van der Waals surface area contributed by atoms with Crippen LogP contribution in [0.15, 0.2) is 0 Å². The SMILES string of the molecule is CCOC(=O)[C@@](C)(CC)C(C#N)C#N. The number of nitriles is 2. The van der Waals surface area contributed by atoms with Crippen LogP contribution in [0.2, 0.25) is 0 Å². The number of esters is 1. The number of carbonyl (C=O) groups excluding carboxylic acids is 1. The average molecular weight is 194 g/mol. The van der Waals surface area contributed by atoms with E-state index in [4.69, 9.17) is 15.3 Å². The zero-order valence-electron chi connectivity index (χ0n) is 8.70. The molecule has 0 bridgehead atoms. The highest BCUT2D eigenvalue weighted by molar-refractivity contribution is 5.77. The van der Waals surface area contributed by atoms with E-state index in [-0.39, 0.29) is 6.61 Å². The molecule has 1 atom stereocenters. The molecule has 4 heteroatoms. The van der Waals surface area contributed by atoms with Gasteiger partial charge in [-0.1, -0.05) is 6.92 Å². The molecule has 4 nitrogen and oxygen atoms in total. The Labute approximate surface area is 84.1 Å². The summed E-state index contributed by atoms with van der Waals surface area (Å²) in [6, 6.07) is 3.64. The van der Waals surface area contributed by atoms with Gasteiger partial charge < -0.3 is 4.74 Å². The number of ether oxygens (including phenoxy) is 1. The van der Waals surface area contributed by atoms with Crippen molar-refractivity contribution in [2.45, 2.75) is 27.2 Å². The zero-order chi connectivity index (χ0) is 11.2. The smallest absolute Gasteiger partial charge is 0.314 e. The fourth-order valence-corrected chi connectivity index (χ4v) is 1.08. The van der Waals surface area contributed by atoms with Gasteiger partial charge >= 0.3 is 5.97 Å². The van der Waals surface area contributed by atoms with Gasteiger partial charge in [0.15, 0.2) is 0 Å². The third-order valence-corrected chi connectivity index (χ3v) is 2.37. The maximum atomic E-state index is 11.5. The van der Waals surface area contributed by atoms with Crippen LogP contribution in [-0.2, 0) is 9.53 Å². The number of rotatable bonds is 4. The maximum Gasteiger partial charge on any atom is 0.314 e. The van der Waals surface area contributed by atoms with Crippen LogP contribution in [0.25, 0.3) is 0 Å². The minimum absolute atomic E-state index is 0.262. The minimum atomic E-state index is -1.01. The normalized spacial score (nSPS) is 13.9. The van der Waals surface area contributed by atoms with Crippen LogP contribution in [-0.4, -0.2) is 12.6 Å². The number of hydrogen-bond acceptors (Lipinski definition) is 4. The van der Waals surface area contributed by atoms with Gasteiger partial charge in [-0.25, -0.2) is 0 Å². The zero-order valence-corrected chi connectivity index (χ0v) is 8.70. The first kappa shape index (κ1) is 12.4. The van der Waals surface area contributed by atoms with Crippen molar-refractivity contribution in [3.05, 3.63) is 0 Å². The second-order valence-electron chi connectivity index (χ2n) is 3.18. The Balaban J connectivity index is 4.90. The molecule has 0 aliphatic heterocycles. The van der Waals surface area contributed by atoms with Gasteiger partial charge in [-0.05, 0) is 20.3 Å². The minimum Gasteiger partial charge on any atom is -0.466 e. The number of nitrogens with zero attached hydrogens (tertiary/aromatic N) is 2. The van der Waals surface area contributed by atoms with Gasteiger partial charge in [0.05, 0.1) is 24.2 Å². The monoisotopic (exact) mass is 194 g/mol. The Bertz CT molecular complexity index is 273. The van der Waals surface area contributed by atoms with Crippen LogP contribution >= 0.6 is 0 Å². The van der Waals surface area contributed by atoms with E-state index in [0.29, 0.717) is 6.42 Å². The summed E-state index contributed by atoms with van der Waals surface area (Å²) in [4.78, 5) is 11.5. The van der Waals surface area contributed by atoms with Crippen molar-refractivity contribution in [3.63, 3.8) is 0 Å². The molecule has 0 unspecified atom stereocenters. The van der Waals surface area contributed by atoms with Crippen LogP contribution in [0.1, 0.15) is 27.2 Å². The van der Waals surface area contributed by atoms with E-state index in [2.05, 4.69) is 0 Å². The van der Waals surface area contributed by atoms with Gasteiger partial charge in [-0.15, -0.1) is 0 Å². The van der Waals surface area contributed by atoms with Crippen molar-refractivity contribution in [3.8, 4) is 12.1 Å². The molecule has 0 aliphatic carbocycles. The second kappa shape index (κ2) is 5.24. The summed E-state index contributed by atoms with van der Waals surface area (Å²) in [5.41, 5.74) is -1.01. The molecule has 0 saturated carbocycles. The lowest BCUT2D eigenvalue weighted by Crippen LogP contribution is -2.35. The predicted octanol–water partition coefficient (Wildman–Crippen LogP) is 1.63. The standard InChI is InChI=1S/C10H14N2O2/c1-4-10(3,8(6-11)7-12)9(13)14-5-2/h8H,4-5H2,1-3H3/t10-/m0/s1. The Hall–Kier alpha value is -1.55. The molecule has 0 N–H and O–H groups in total. The fraction of sp³-hybridized carbons (Fsp3) is 0.700. The molecule has 0 heterocycles. The van der Waals surface area contributed by atoms with Crippen molar-refractivity contribution in [2.75, 3.05) is 6.61 Å². The summed E-state index contributed by atoms with van der Waals surface area (Å²) in [7, 11) is 0. The average Bonchev–Trinajstić information content (AvgIpc) is 2.19. The van der Waals surface area contributed by atoms with Crippen LogP contribution in [0.5, 0.6) is 0 Å². The highest BCUT2D eigenvalue weighted by atomic mass is 16.5. The Morgan fingerprint density at radius 2 is 1.93 bits per heavy atom. The first-order chi connectivity index (χ1) is 6.56.